The third-order valence-electron chi connectivity index (χ3n) is 3.05. The van der Waals surface area contributed by atoms with E-state index in [-0.39, 0.29) is 17.0 Å². The van der Waals surface area contributed by atoms with E-state index in [4.69, 9.17) is 0 Å². The number of nitrogens with zero attached hydrogens (tertiary/aromatic N) is 2. The lowest BCUT2D eigenvalue weighted by atomic mass is 10.2. The predicted octanol–water partition coefficient (Wildman–Crippen LogP) is 2.53. The second-order valence-electron chi connectivity index (χ2n) is 4.21. The second-order valence-corrected chi connectivity index (χ2v) is 4.21. The molecule has 1 aliphatic rings. The number of aromatic nitrogens is 1. The molecule has 0 saturated heterocycles. The van der Waals surface area contributed by atoms with E-state index in [0.717, 1.165) is 25.5 Å². The highest BCUT2D eigenvalue weighted by atomic mass is 79.9. The molecular formula is C13H16BrN3. The minimum absolute atomic E-state index is 0. The Morgan fingerprint density at radius 1 is 1.35 bits per heavy atom. The Balaban J connectivity index is 0.00000108. The number of hydrogen-bond acceptors (Lipinski definition) is 2. The van der Waals surface area contributed by atoms with Gasteiger partial charge in [0, 0.05) is 12.7 Å². The van der Waals surface area contributed by atoms with Gasteiger partial charge in [-0.05, 0) is 23.9 Å². The molecule has 1 aliphatic heterocycles. The number of benzene rings is 1. The van der Waals surface area contributed by atoms with E-state index in [2.05, 4.69) is 52.3 Å². The molecule has 0 atom stereocenters. The van der Waals surface area contributed by atoms with Gasteiger partial charge in [0.15, 0.2) is 0 Å². The monoisotopic (exact) mass is 293 g/mol. The van der Waals surface area contributed by atoms with E-state index in [1.807, 2.05) is 0 Å². The van der Waals surface area contributed by atoms with E-state index < -0.39 is 0 Å². The summed E-state index contributed by atoms with van der Waals surface area (Å²) < 4.78 is 2.27. The molecule has 2 heterocycles. The molecule has 0 saturated carbocycles. The third kappa shape index (κ3) is 2.22. The lowest BCUT2D eigenvalue weighted by molar-refractivity contribution is 0.860. The van der Waals surface area contributed by atoms with Gasteiger partial charge < -0.3 is 9.88 Å². The summed E-state index contributed by atoms with van der Waals surface area (Å²) in [6, 6.07) is 8.58. The van der Waals surface area contributed by atoms with Gasteiger partial charge in [-0.1, -0.05) is 18.2 Å². The molecule has 1 aromatic carbocycles. The minimum Gasteiger partial charge on any atom is -0.370 e. The first-order valence-electron chi connectivity index (χ1n) is 5.66. The fraction of sp³-hybridized carbons (Fsp3) is 0.308. The molecule has 1 aromatic heterocycles. The summed E-state index contributed by atoms with van der Waals surface area (Å²) in [6.07, 6.45) is 2.14. The van der Waals surface area contributed by atoms with Gasteiger partial charge in [0.2, 0.25) is 0 Å². The number of aryl methyl sites for hydroxylation is 1. The van der Waals surface area contributed by atoms with Crippen molar-refractivity contribution in [2.75, 3.05) is 13.1 Å². The van der Waals surface area contributed by atoms with Crippen molar-refractivity contribution in [2.45, 2.75) is 13.5 Å². The first-order valence-corrected chi connectivity index (χ1v) is 5.66. The zero-order chi connectivity index (χ0) is 11.0. The van der Waals surface area contributed by atoms with Crippen molar-refractivity contribution in [1.29, 1.82) is 0 Å². The summed E-state index contributed by atoms with van der Waals surface area (Å²) in [5, 5.41) is 4.61. The summed E-state index contributed by atoms with van der Waals surface area (Å²) in [7, 11) is 0. The van der Waals surface area contributed by atoms with Crippen LogP contribution in [-0.2, 0) is 6.54 Å². The Labute approximate surface area is 111 Å². The summed E-state index contributed by atoms with van der Waals surface area (Å²) in [4.78, 5) is 4.43. The van der Waals surface area contributed by atoms with Gasteiger partial charge in [0.05, 0.1) is 18.6 Å². The van der Waals surface area contributed by atoms with Crippen LogP contribution in [0.15, 0.2) is 35.5 Å². The first kappa shape index (κ1) is 12.2. The van der Waals surface area contributed by atoms with Crippen LogP contribution in [0.2, 0.25) is 0 Å². The SMILES string of the molecule is Br.Cc1cccc2ccn(CC3=NCCN3)c12. The maximum atomic E-state index is 4.43. The maximum absolute atomic E-state index is 4.43. The smallest absolute Gasteiger partial charge is 0.117 e. The molecule has 17 heavy (non-hydrogen) atoms. The van der Waals surface area contributed by atoms with Gasteiger partial charge in [-0.3, -0.25) is 4.99 Å². The van der Waals surface area contributed by atoms with Crippen molar-refractivity contribution < 1.29 is 0 Å². The summed E-state index contributed by atoms with van der Waals surface area (Å²) >= 11 is 0. The quantitative estimate of drug-likeness (QED) is 0.906. The van der Waals surface area contributed by atoms with Gasteiger partial charge in [-0.15, -0.1) is 17.0 Å². The lowest BCUT2D eigenvalue weighted by Gasteiger charge is -2.07. The van der Waals surface area contributed by atoms with Crippen LogP contribution in [-0.4, -0.2) is 23.5 Å². The molecule has 0 aliphatic carbocycles. The van der Waals surface area contributed by atoms with Crippen LogP contribution in [0.3, 0.4) is 0 Å². The van der Waals surface area contributed by atoms with E-state index in [1.54, 1.807) is 0 Å². The number of aliphatic imine (C=N–C) groups is 1. The Morgan fingerprint density at radius 2 is 2.24 bits per heavy atom. The zero-order valence-corrected chi connectivity index (χ0v) is 11.5. The number of amidine groups is 1. The Morgan fingerprint density at radius 3 is 3.00 bits per heavy atom. The molecule has 0 fully saturated rings. The average molecular weight is 294 g/mol. The van der Waals surface area contributed by atoms with Gasteiger partial charge in [0.25, 0.3) is 0 Å². The summed E-state index contributed by atoms with van der Waals surface area (Å²) in [6.45, 7) is 4.90. The Bertz CT molecular complexity index is 557. The van der Waals surface area contributed by atoms with Gasteiger partial charge >= 0.3 is 0 Å². The van der Waals surface area contributed by atoms with Crippen LogP contribution in [0.4, 0.5) is 0 Å². The number of hydrogen-bond donors (Lipinski definition) is 1. The summed E-state index contributed by atoms with van der Waals surface area (Å²) in [5.74, 6) is 1.10. The number of para-hydroxylation sites is 1. The van der Waals surface area contributed by atoms with Crippen molar-refractivity contribution in [2.24, 2.45) is 4.99 Å². The summed E-state index contributed by atoms with van der Waals surface area (Å²) in [5.41, 5.74) is 2.64. The highest BCUT2D eigenvalue weighted by Gasteiger charge is 2.08. The number of halogens is 1. The highest BCUT2D eigenvalue weighted by Crippen LogP contribution is 2.19. The Hall–Kier alpha value is -1.29. The van der Waals surface area contributed by atoms with Crippen molar-refractivity contribution in [3.05, 3.63) is 36.0 Å². The molecule has 3 nitrogen and oxygen atoms in total. The van der Waals surface area contributed by atoms with Gasteiger partial charge in [0.1, 0.15) is 5.84 Å². The molecule has 2 aromatic rings. The molecule has 0 spiro atoms. The van der Waals surface area contributed by atoms with E-state index >= 15 is 0 Å². The molecule has 4 heteroatoms. The van der Waals surface area contributed by atoms with Crippen molar-refractivity contribution in [1.82, 2.24) is 9.88 Å². The van der Waals surface area contributed by atoms with Gasteiger partial charge in [-0.2, -0.15) is 0 Å². The molecule has 0 bridgehead atoms. The topological polar surface area (TPSA) is 29.3 Å². The van der Waals surface area contributed by atoms with Crippen LogP contribution in [0.25, 0.3) is 10.9 Å². The number of fused-ring (bicyclic) bond motifs is 1. The first-order chi connectivity index (χ1) is 7.84. The van der Waals surface area contributed by atoms with E-state index in [9.17, 15) is 0 Å². The standard InChI is InChI=1S/C13H15N3.BrH/c1-10-3-2-4-11-5-8-16(13(10)11)9-12-14-6-7-15-12;/h2-5,8H,6-7,9H2,1H3,(H,14,15);1H. The van der Waals surface area contributed by atoms with Crippen LogP contribution >= 0.6 is 17.0 Å². The number of nitrogens with one attached hydrogen (secondary N) is 1. The minimum atomic E-state index is 0. The third-order valence-corrected chi connectivity index (χ3v) is 3.05. The van der Waals surface area contributed by atoms with Crippen molar-refractivity contribution in [3.63, 3.8) is 0 Å². The van der Waals surface area contributed by atoms with Crippen LogP contribution < -0.4 is 5.32 Å². The molecule has 0 amide bonds. The second kappa shape index (κ2) is 4.92. The highest BCUT2D eigenvalue weighted by molar-refractivity contribution is 8.93. The predicted molar refractivity (Wildman–Crippen MR) is 77.3 cm³/mol. The maximum Gasteiger partial charge on any atom is 0.117 e. The normalized spacial score (nSPS) is 14.3. The fourth-order valence-electron chi connectivity index (χ4n) is 2.30. The fourth-order valence-corrected chi connectivity index (χ4v) is 2.30. The molecule has 3 rings (SSSR count). The Kier molecular flexibility index (Phi) is 3.52. The molecule has 0 radical (unpaired) electrons. The van der Waals surface area contributed by atoms with Gasteiger partial charge in [-0.25, -0.2) is 0 Å². The van der Waals surface area contributed by atoms with Crippen molar-refractivity contribution >= 4 is 33.7 Å². The van der Waals surface area contributed by atoms with Crippen LogP contribution in [0.1, 0.15) is 5.56 Å². The zero-order valence-electron chi connectivity index (χ0n) is 9.81. The van der Waals surface area contributed by atoms with E-state index in [0.29, 0.717) is 0 Å². The van der Waals surface area contributed by atoms with Crippen LogP contribution in [0.5, 0.6) is 0 Å². The molecule has 0 unspecified atom stereocenters. The van der Waals surface area contributed by atoms with Crippen molar-refractivity contribution in [3.8, 4) is 0 Å². The average Bonchev–Trinajstić information content (AvgIpc) is 2.90. The number of rotatable bonds is 2. The molecule has 90 valence electrons. The van der Waals surface area contributed by atoms with E-state index in [1.165, 1.54) is 16.5 Å². The molecule has 1 N–H and O–H groups in total. The lowest BCUT2D eigenvalue weighted by Crippen LogP contribution is -2.23. The largest absolute Gasteiger partial charge is 0.370 e. The van der Waals surface area contributed by atoms with Crippen LogP contribution in [0, 0.1) is 6.92 Å². The molecular weight excluding hydrogens is 278 g/mol.